The van der Waals surface area contributed by atoms with E-state index in [0.717, 1.165) is 6.07 Å². The summed E-state index contributed by atoms with van der Waals surface area (Å²) in [5.41, 5.74) is 0.161. The molecule has 0 bridgehead atoms. The monoisotopic (exact) mass is 409 g/mol. The van der Waals surface area contributed by atoms with Gasteiger partial charge in [-0.05, 0) is 24.3 Å². The summed E-state index contributed by atoms with van der Waals surface area (Å²) in [4.78, 5) is 14.6. The van der Waals surface area contributed by atoms with Crippen molar-refractivity contribution in [1.29, 1.82) is 0 Å². The van der Waals surface area contributed by atoms with Gasteiger partial charge in [0.05, 0.1) is 27.0 Å². The van der Waals surface area contributed by atoms with Crippen molar-refractivity contribution in [2.75, 3.05) is 32.0 Å². The molecule has 0 saturated heterocycles. The van der Waals surface area contributed by atoms with Crippen molar-refractivity contribution in [2.45, 2.75) is 6.18 Å². The third kappa shape index (κ3) is 4.31. The molecule has 0 unspecified atom stereocenters. The van der Waals surface area contributed by atoms with Crippen molar-refractivity contribution in [2.24, 2.45) is 0 Å². The zero-order valence-electron chi connectivity index (χ0n) is 15.7. The van der Waals surface area contributed by atoms with E-state index in [-0.39, 0.29) is 0 Å². The van der Waals surface area contributed by atoms with Crippen molar-refractivity contribution >= 4 is 28.3 Å². The molecular weight excluding hydrogens is 391 g/mol. The predicted molar refractivity (Wildman–Crippen MR) is 102 cm³/mol. The third-order valence-corrected chi connectivity index (χ3v) is 4.11. The molecule has 0 saturated carbocycles. The van der Waals surface area contributed by atoms with Crippen LogP contribution in [0, 0.1) is 0 Å². The Kier molecular flexibility index (Phi) is 5.44. The van der Waals surface area contributed by atoms with Gasteiger partial charge in [0.2, 0.25) is 5.75 Å². The average Bonchev–Trinajstić information content (AvgIpc) is 3.11. The zero-order chi connectivity index (χ0) is 21.2. The average molecular weight is 409 g/mol. The first-order chi connectivity index (χ1) is 13.7. The number of H-pyrrole nitrogens is 1. The Morgan fingerprint density at radius 3 is 2.07 bits per heavy atom. The van der Waals surface area contributed by atoms with Gasteiger partial charge in [-0.3, -0.25) is 0 Å². The van der Waals surface area contributed by atoms with E-state index in [9.17, 15) is 18.0 Å². The highest BCUT2D eigenvalue weighted by molar-refractivity contribution is 6.01. The van der Waals surface area contributed by atoms with Crippen LogP contribution in [0.5, 0.6) is 17.2 Å². The molecule has 0 fully saturated rings. The van der Waals surface area contributed by atoms with Gasteiger partial charge in [0, 0.05) is 28.7 Å². The summed E-state index contributed by atoms with van der Waals surface area (Å²) in [6.45, 7) is 0. The molecule has 7 nitrogen and oxygen atoms in total. The van der Waals surface area contributed by atoms with Crippen molar-refractivity contribution in [1.82, 2.24) is 4.98 Å². The molecule has 29 heavy (non-hydrogen) atoms. The topological polar surface area (TPSA) is 84.6 Å². The van der Waals surface area contributed by atoms with Crippen LogP contribution in [0.15, 0.2) is 36.4 Å². The lowest BCUT2D eigenvalue weighted by Gasteiger charge is -2.15. The minimum atomic E-state index is -4.48. The number of anilines is 2. The number of hydrogen-bond donors (Lipinski definition) is 3. The first-order valence-corrected chi connectivity index (χ1v) is 8.33. The van der Waals surface area contributed by atoms with E-state index in [4.69, 9.17) is 14.2 Å². The maximum atomic E-state index is 12.8. The van der Waals surface area contributed by atoms with Crippen molar-refractivity contribution in [3.63, 3.8) is 0 Å². The van der Waals surface area contributed by atoms with Crippen molar-refractivity contribution in [3.05, 3.63) is 42.1 Å². The molecule has 2 amide bonds. The number of aromatic nitrogens is 1. The van der Waals surface area contributed by atoms with Gasteiger partial charge in [0.15, 0.2) is 11.5 Å². The Morgan fingerprint density at radius 1 is 0.897 bits per heavy atom. The lowest BCUT2D eigenvalue weighted by Crippen LogP contribution is -2.19. The number of carbonyl (C=O) groups is 1. The van der Waals surface area contributed by atoms with Gasteiger partial charge in [0.25, 0.3) is 0 Å². The molecule has 1 aromatic heterocycles. The summed E-state index contributed by atoms with van der Waals surface area (Å²) in [5.74, 6) is 1.09. The molecule has 3 N–H and O–H groups in total. The normalized spacial score (nSPS) is 11.2. The number of ether oxygens (including phenoxy) is 3. The van der Waals surface area contributed by atoms with Crippen LogP contribution < -0.4 is 24.8 Å². The van der Waals surface area contributed by atoms with Crippen LogP contribution in [-0.4, -0.2) is 32.3 Å². The molecule has 0 aliphatic rings. The lowest BCUT2D eigenvalue weighted by molar-refractivity contribution is -0.140. The largest absolute Gasteiger partial charge is 0.493 e. The Morgan fingerprint density at radius 2 is 1.52 bits per heavy atom. The maximum Gasteiger partial charge on any atom is 0.431 e. The molecule has 1 heterocycles. The zero-order valence-corrected chi connectivity index (χ0v) is 15.7. The quantitative estimate of drug-likeness (QED) is 0.562. The number of aromatic amines is 1. The highest BCUT2D eigenvalue weighted by Crippen LogP contribution is 2.40. The number of rotatable bonds is 5. The standard InChI is InChI=1S/C19H18F3N3O4/c1-27-14-8-12(9-15(28-2)17(14)29-3)24-18(26)23-11-4-5-13-10(6-11)7-16(25-13)19(20,21)22/h4-9,25H,1-3H3,(H2,23,24,26). The smallest absolute Gasteiger partial charge is 0.431 e. The summed E-state index contributed by atoms with van der Waals surface area (Å²) >= 11 is 0. The van der Waals surface area contributed by atoms with E-state index in [2.05, 4.69) is 15.6 Å². The maximum absolute atomic E-state index is 12.8. The molecule has 10 heteroatoms. The SMILES string of the molecule is COc1cc(NC(=O)Nc2ccc3[nH]c(C(F)(F)F)cc3c2)cc(OC)c1OC. The minimum Gasteiger partial charge on any atom is -0.493 e. The second-order valence-corrected chi connectivity index (χ2v) is 5.98. The molecule has 3 rings (SSSR count). The number of hydrogen-bond acceptors (Lipinski definition) is 4. The lowest BCUT2D eigenvalue weighted by atomic mass is 10.2. The first-order valence-electron chi connectivity index (χ1n) is 8.33. The Bertz CT molecular complexity index is 1020. The highest BCUT2D eigenvalue weighted by atomic mass is 19.4. The number of benzene rings is 2. The first kappa shape index (κ1) is 20.2. The van der Waals surface area contributed by atoms with E-state index >= 15 is 0 Å². The summed E-state index contributed by atoms with van der Waals surface area (Å²) in [6.07, 6.45) is -4.48. The Hall–Kier alpha value is -3.56. The van der Waals surface area contributed by atoms with E-state index in [0.29, 0.717) is 39.5 Å². The number of fused-ring (bicyclic) bond motifs is 1. The Labute approximate surface area is 163 Å². The fourth-order valence-corrected chi connectivity index (χ4v) is 2.81. The van der Waals surface area contributed by atoms with Gasteiger partial charge in [0.1, 0.15) is 5.69 Å². The molecule has 0 spiro atoms. The molecule has 0 aliphatic carbocycles. The van der Waals surface area contributed by atoms with Crippen LogP contribution in [-0.2, 0) is 6.18 Å². The van der Waals surface area contributed by atoms with Gasteiger partial charge in [-0.2, -0.15) is 13.2 Å². The highest BCUT2D eigenvalue weighted by Gasteiger charge is 2.32. The summed E-state index contributed by atoms with van der Waals surface area (Å²) in [7, 11) is 4.35. The number of amides is 2. The van der Waals surface area contributed by atoms with Crippen LogP contribution in [0.4, 0.5) is 29.3 Å². The van der Waals surface area contributed by atoms with Crippen LogP contribution in [0.2, 0.25) is 0 Å². The van der Waals surface area contributed by atoms with E-state index in [1.807, 2.05) is 0 Å². The number of urea groups is 1. The van der Waals surface area contributed by atoms with Crippen LogP contribution in [0.3, 0.4) is 0 Å². The van der Waals surface area contributed by atoms with E-state index in [1.54, 1.807) is 12.1 Å². The Balaban J connectivity index is 1.78. The molecular formula is C19H18F3N3O4. The van der Waals surface area contributed by atoms with Gasteiger partial charge in [-0.1, -0.05) is 0 Å². The van der Waals surface area contributed by atoms with Crippen molar-refractivity contribution < 1.29 is 32.2 Å². The summed E-state index contributed by atoms with van der Waals surface area (Å²) in [5, 5.41) is 5.51. The van der Waals surface area contributed by atoms with E-state index in [1.165, 1.54) is 39.5 Å². The van der Waals surface area contributed by atoms with Crippen LogP contribution in [0.1, 0.15) is 5.69 Å². The molecule has 0 aliphatic heterocycles. The van der Waals surface area contributed by atoms with Crippen LogP contribution in [0.25, 0.3) is 10.9 Å². The fraction of sp³-hybridized carbons (Fsp3) is 0.211. The second-order valence-electron chi connectivity index (χ2n) is 5.98. The second kappa shape index (κ2) is 7.82. The molecule has 2 aromatic carbocycles. The summed E-state index contributed by atoms with van der Waals surface area (Å²) in [6, 6.07) is 7.88. The minimum absolute atomic E-state index is 0.313. The summed E-state index contributed by atoms with van der Waals surface area (Å²) < 4.78 is 54.1. The molecule has 154 valence electrons. The van der Waals surface area contributed by atoms with Gasteiger partial charge < -0.3 is 29.8 Å². The number of halogens is 3. The predicted octanol–water partition coefficient (Wildman–Crippen LogP) is 4.86. The number of nitrogens with one attached hydrogen (secondary N) is 3. The number of methoxy groups -OCH3 is 3. The van der Waals surface area contributed by atoms with Gasteiger partial charge >= 0.3 is 12.2 Å². The van der Waals surface area contributed by atoms with Crippen molar-refractivity contribution in [3.8, 4) is 17.2 Å². The van der Waals surface area contributed by atoms with Gasteiger partial charge in [-0.15, -0.1) is 0 Å². The molecule has 0 atom stereocenters. The molecule has 3 aromatic rings. The number of alkyl halides is 3. The fourth-order valence-electron chi connectivity index (χ4n) is 2.81. The number of carbonyl (C=O) groups excluding carboxylic acids is 1. The van der Waals surface area contributed by atoms with Gasteiger partial charge in [-0.25, -0.2) is 4.79 Å². The van der Waals surface area contributed by atoms with Crippen LogP contribution >= 0.6 is 0 Å². The molecule has 0 radical (unpaired) electrons. The third-order valence-electron chi connectivity index (χ3n) is 4.11. The van der Waals surface area contributed by atoms with E-state index < -0.39 is 17.9 Å².